The highest BCUT2D eigenvalue weighted by Crippen LogP contribution is 2.33. The molecule has 0 bridgehead atoms. The van der Waals surface area contributed by atoms with Crippen LogP contribution in [0.25, 0.3) is 22.3 Å². The number of hydrogen-bond donors (Lipinski definition) is 0. The van der Waals surface area contributed by atoms with E-state index in [9.17, 15) is 14.9 Å². The van der Waals surface area contributed by atoms with Crippen LogP contribution >= 0.6 is 0 Å². The van der Waals surface area contributed by atoms with Crippen molar-refractivity contribution in [1.82, 2.24) is 9.13 Å². The fourth-order valence-corrected chi connectivity index (χ4v) is 3.82. The number of carbonyl (C=O) groups is 1. The molecular weight excluding hydrogens is 338 g/mol. The van der Waals surface area contributed by atoms with Crippen LogP contribution in [-0.4, -0.2) is 15.0 Å². The van der Waals surface area contributed by atoms with Gasteiger partial charge in [0.15, 0.2) is 0 Å². The zero-order chi connectivity index (χ0) is 18.5. The molecular formula is C22H13N3O2. The molecule has 0 saturated carbocycles. The Morgan fingerprint density at radius 1 is 0.963 bits per heavy atom. The van der Waals surface area contributed by atoms with Crippen molar-refractivity contribution in [1.29, 1.82) is 5.26 Å². The van der Waals surface area contributed by atoms with Crippen LogP contribution in [0.4, 0.5) is 0 Å². The topological polar surface area (TPSA) is 67.8 Å². The minimum Gasteiger partial charge on any atom is -0.334 e. The maximum absolute atomic E-state index is 13.0. The van der Waals surface area contributed by atoms with Gasteiger partial charge < -0.3 is 4.57 Å². The molecule has 1 aliphatic heterocycles. The molecule has 4 aromatic rings. The number of nitrogens with zero attached hydrogens (tertiary/aromatic N) is 3. The number of hydrogen-bond acceptors (Lipinski definition) is 3. The van der Waals surface area contributed by atoms with Gasteiger partial charge in [-0.1, -0.05) is 24.3 Å². The van der Waals surface area contributed by atoms with E-state index in [1.165, 1.54) is 4.57 Å². The van der Waals surface area contributed by atoms with Crippen molar-refractivity contribution in [3.05, 3.63) is 93.8 Å². The van der Waals surface area contributed by atoms with Crippen LogP contribution in [-0.2, 0) is 6.54 Å². The molecule has 5 rings (SSSR count). The van der Waals surface area contributed by atoms with Gasteiger partial charge in [-0.05, 0) is 42.0 Å². The Balaban J connectivity index is 1.86. The van der Waals surface area contributed by atoms with E-state index in [0.717, 1.165) is 11.1 Å². The summed E-state index contributed by atoms with van der Waals surface area (Å²) in [4.78, 5) is 25.8. The first kappa shape index (κ1) is 15.4. The molecule has 27 heavy (non-hydrogen) atoms. The average molecular weight is 351 g/mol. The quantitative estimate of drug-likeness (QED) is 0.489. The van der Waals surface area contributed by atoms with Gasteiger partial charge in [0.2, 0.25) is 5.43 Å². The Bertz CT molecular complexity index is 1350. The van der Waals surface area contributed by atoms with Crippen LogP contribution in [0.1, 0.15) is 21.5 Å². The third-order valence-corrected chi connectivity index (χ3v) is 4.99. The number of nitriles is 1. The number of benzene rings is 2. The van der Waals surface area contributed by atoms with Gasteiger partial charge in [0.05, 0.1) is 28.5 Å². The largest absolute Gasteiger partial charge is 0.334 e. The maximum atomic E-state index is 13.0. The summed E-state index contributed by atoms with van der Waals surface area (Å²) in [5.74, 6) is -0.291. The Labute approximate surface area is 154 Å². The number of pyridine rings is 1. The van der Waals surface area contributed by atoms with E-state index in [1.807, 2.05) is 41.0 Å². The standard InChI is InChI=1S/C22H13N3O2/c23-12-14-5-3-6-15(11-14)13-25-17-8-2-1-7-16(17)21(26)19-20(25)18-9-4-10-24(18)22(19)27/h1-11H,13H2. The summed E-state index contributed by atoms with van der Waals surface area (Å²) >= 11 is 0. The Morgan fingerprint density at radius 3 is 2.67 bits per heavy atom. The molecule has 0 fully saturated rings. The summed E-state index contributed by atoms with van der Waals surface area (Å²) in [6.45, 7) is 0.455. The molecule has 0 unspecified atom stereocenters. The molecule has 0 atom stereocenters. The molecule has 0 radical (unpaired) electrons. The van der Waals surface area contributed by atoms with E-state index in [4.69, 9.17) is 0 Å². The molecule has 0 spiro atoms. The van der Waals surface area contributed by atoms with Crippen LogP contribution in [0.15, 0.2) is 71.7 Å². The van der Waals surface area contributed by atoms with Crippen molar-refractivity contribution < 1.29 is 4.79 Å². The molecule has 5 heteroatoms. The number of rotatable bonds is 2. The second kappa shape index (κ2) is 5.55. The molecule has 3 heterocycles. The first-order valence-electron chi connectivity index (χ1n) is 8.56. The molecule has 0 saturated heterocycles. The zero-order valence-corrected chi connectivity index (χ0v) is 14.2. The lowest BCUT2D eigenvalue weighted by Gasteiger charge is -2.16. The predicted octanol–water partition coefficient (Wildman–Crippen LogP) is 3.39. The lowest BCUT2D eigenvalue weighted by molar-refractivity contribution is 0.0968. The van der Waals surface area contributed by atoms with E-state index in [0.29, 0.717) is 28.9 Å². The van der Waals surface area contributed by atoms with E-state index >= 15 is 0 Å². The molecule has 1 aliphatic rings. The van der Waals surface area contributed by atoms with E-state index in [2.05, 4.69) is 6.07 Å². The van der Waals surface area contributed by atoms with Crippen molar-refractivity contribution in [3.63, 3.8) is 0 Å². The van der Waals surface area contributed by atoms with Crippen LogP contribution < -0.4 is 5.43 Å². The van der Waals surface area contributed by atoms with E-state index in [-0.39, 0.29) is 16.9 Å². The Kier molecular flexibility index (Phi) is 3.15. The summed E-state index contributed by atoms with van der Waals surface area (Å²) in [6.07, 6.45) is 1.68. The van der Waals surface area contributed by atoms with Crippen molar-refractivity contribution in [3.8, 4) is 17.5 Å². The van der Waals surface area contributed by atoms with Crippen molar-refractivity contribution in [2.75, 3.05) is 0 Å². The fraction of sp³-hybridized carbons (Fsp3) is 0.0455. The zero-order valence-electron chi connectivity index (χ0n) is 14.2. The van der Waals surface area contributed by atoms with Crippen LogP contribution in [0.2, 0.25) is 0 Å². The van der Waals surface area contributed by atoms with Crippen molar-refractivity contribution in [2.45, 2.75) is 6.54 Å². The van der Waals surface area contributed by atoms with Crippen molar-refractivity contribution >= 4 is 16.8 Å². The van der Waals surface area contributed by atoms with Crippen LogP contribution in [0.5, 0.6) is 0 Å². The highest BCUT2D eigenvalue weighted by molar-refractivity contribution is 6.10. The van der Waals surface area contributed by atoms with Gasteiger partial charge in [0, 0.05) is 18.1 Å². The van der Waals surface area contributed by atoms with Gasteiger partial charge in [0.1, 0.15) is 5.56 Å². The Morgan fingerprint density at radius 2 is 1.81 bits per heavy atom. The van der Waals surface area contributed by atoms with Gasteiger partial charge >= 0.3 is 0 Å². The van der Waals surface area contributed by atoms with Crippen LogP contribution in [0, 0.1) is 11.3 Å². The van der Waals surface area contributed by atoms with Gasteiger partial charge in [-0.3, -0.25) is 14.2 Å². The monoisotopic (exact) mass is 351 g/mol. The predicted molar refractivity (Wildman–Crippen MR) is 102 cm³/mol. The minimum absolute atomic E-state index is 0.209. The molecule has 0 aliphatic carbocycles. The minimum atomic E-state index is -0.291. The summed E-state index contributed by atoms with van der Waals surface area (Å²) in [5.41, 5.74) is 3.60. The molecule has 0 N–H and O–H groups in total. The lowest BCUT2D eigenvalue weighted by atomic mass is 10.1. The average Bonchev–Trinajstić information content (AvgIpc) is 3.28. The second-order valence-corrected chi connectivity index (χ2v) is 6.54. The smallest absolute Gasteiger partial charge is 0.268 e. The number of fused-ring (bicyclic) bond motifs is 4. The first-order valence-corrected chi connectivity index (χ1v) is 8.56. The summed E-state index contributed by atoms with van der Waals surface area (Å²) in [6, 6.07) is 20.5. The van der Waals surface area contributed by atoms with Gasteiger partial charge in [-0.15, -0.1) is 0 Å². The lowest BCUT2D eigenvalue weighted by Crippen LogP contribution is -2.20. The second-order valence-electron chi connectivity index (χ2n) is 6.54. The summed E-state index contributed by atoms with van der Waals surface area (Å²) in [5, 5.41) is 9.70. The van der Waals surface area contributed by atoms with Crippen molar-refractivity contribution in [2.24, 2.45) is 0 Å². The van der Waals surface area contributed by atoms with Gasteiger partial charge in [-0.25, -0.2) is 0 Å². The SMILES string of the molecule is N#Cc1cccc(Cn2c3c(c(=O)c4ccccc42)C(=O)n2cccc2-3)c1. The summed E-state index contributed by atoms with van der Waals surface area (Å²) < 4.78 is 3.52. The summed E-state index contributed by atoms with van der Waals surface area (Å²) in [7, 11) is 0. The normalized spacial score (nSPS) is 12.0. The highest BCUT2D eigenvalue weighted by Gasteiger charge is 2.32. The highest BCUT2D eigenvalue weighted by atomic mass is 16.2. The molecule has 2 aromatic carbocycles. The van der Waals surface area contributed by atoms with E-state index in [1.54, 1.807) is 30.5 Å². The van der Waals surface area contributed by atoms with Crippen LogP contribution in [0.3, 0.4) is 0 Å². The molecule has 0 amide bonds. The number of aromatic nitrogens is 2. The number of carbonyl (C=O) groups excluding carboxylic acids is 1. The third kappa shape index (κ3) is 2.10. The Hall–Kier alpha value is -3.91. The molecule has 128 valence electrons. The van der Waals surface area contributed by atoms with Gasteiger partial charge in [-0.2, -0.15) is 5.26 Å². The third-order valence-electron chi connectivity index (χ3n) is 4.99. The fourth-order valence-electron chi connectivity index (χ4n) is 3.82. The number of para-hydroxylation sites is 1. The first-order chi connectivity index (χ1) is 13.2. The molecule has 2 aromatic heterocycles. The van der Waals surface area contributed by atoms with Gasteiger partial charge in [0.25, 0.3) is 5.91 Å². The maximum Gasteiger partial charge on any atom is 0.268 e. The van der Waals surface area contributed by atoms with E-state index < -0.39 is 0 Å². The molecule has 5 nitrogen and oxygen atoms in total.